The molecule has 100 valence electrons. The minimum atomic E-state index is 0.146. The number of rotatable bonds is 6. The normalized spacial score (nSPS) is 11.6. The second kappa shape index (κ2) is 7.26. The molecule has 1 aromatic carbocycles. The highest BCUT2D eigenvalue weighted by Crippen LogP contribution is 2.25. The number of hydrogen-bond donors (Lipinski definition) is 2. The zero-order chi connectivity index (χ0) is 13.5. The van der Waals surface area contributed by atoms with Gasteiger partial charge in [0.2, 0.25) is 0 Å². The van der Waals surface area contributed by atoms with Crippen molar-refractivity contribution in [2.75, 3.05) is 18.0 Å². The van der Waals surface area contributed by atoms with Gasteiger partial charge in [-0.05, 0) is 31.5 Å². The molecule has 1 aromatic rings. The van der Waals surface area contributed by atoms with Crippen molar-refractivity contribution in [3.63, 3.8) is 0 Å². The molecule has 0 saturated carbocycles. The van der Waals surface area contributed by atoms with Crippen LogP contribution in [0.2, 0.25) is 0 Å². The second-order valence-electron chi connectivity index (χ2n) is 4.08. The summed E-state index contributed by atoms with van der Waals surface area (Å²) in [5, 5.41) is 11.9. The molecule has 1 rings (SSSR count). The average Bonchev–Trinajstić information content (AvgIpc) is 2.39. The van der Waals surface area contributed by atoms with Crippen LogP contribution in [0.1, 0.15) is 32.3 Å². The Hall–Kier alpha value is -1.23. The fourth-order valence-corrected chi connectivity index (χ4v) is 2.18. The van der Waals surface area contributed by atoms with Crippen LogP contribution in [0.4, 0.5) is 5.69 Å². The van der Waals surface area contributed by atoms with Crippen LogP contribution in [-0.4, -0.2) is 24.1 Å². The summed E-state index contributed by atoms with van der Waals surface area (Å²) in [6, 6.07) is 5.76. The van der Waals surface area contributed by atoms with E-state index in [1.807, 2.05) is 18.2 Å². The number of amidine groups is 1. The molecule has 0 aliphatic carbocycles. The fraction of sp³-hybridized carbons (Fsp3) is 0.462. The molecular formula is C13H20BrN3O. The van der Waals surface area contributed by atoms with E-state index in [4.69, 9.17) is 10.9 Å². The number of unbranched alkanes of at least 4 members (excludes halogenated alkanes) is 1. The summed E-state index contributed by atoms with van der Waals surface area (Å²) < 4.78 is 0.988. The SMILES string of the molecule is CCCCN(CC)c1cc(Br)ccc1/C(N)=N/O. The van der Waals surface area contributed by atoms with E-state index < -0.39 is 0 Å². The first-order valence-electron chi connectivity index (χ1n) is 6.16. The Bertz CT molecular complexity index is 421. The molecule has 0 aromatic heterocycles. The van der Waals surface area contributed by atoms with E-state index in [9.17, 15) is 0 Å². The lowest BCUT2D eigenvalue weighted by molar-refractivity contribution is 0.318. The summed E-state index contributed by atoms with van der Waals surface area (Å²) in [6.45, 7) is 6.13. The summed E-state index contributed by atoms with van der Waals surface area (Å²) in [6.07, 6.45) is 2.26. The van der Waals surface area contributed by atoms with Gasteiger partial charge in [-0.25, -0.2) is 0 Å². The quantitative estimate of drug-likeness (QED) is 0.367. The minimum absolute atomic E-state index is 0.146. The monoisotopic (exact) mass is 313 g/mol. The highest BCUT2D eigenvalue weighted by atomic mass is 79.9. The van der Waals surface area contributed by atoms with Gasteiger partial charge in [0.25, 0.3) is 0 Å². The van der Waals surface area contributed by atoms with Gasteiger partial charge >= 0.3 is 0 Å². The molecule has 0 unspecified atom stereocenters. The van der Waals surface area contributed by atoms with Crippen molar-refractivity contribution in [3.05, 3.63) is 28.2 Å². The Kier molecular flexibility index (Phi) is 5.98. The van der Waals surface area contributed by atoms with Crippen LogP contribution in [0.3, 0.4) is 0 Å². The smallest absolute Gasteiger partial charge is 0.172 e. The maximum atomic E-state index is 8.85. The molecule has 0 atom stereocenters. The molecule has 0 aliphatic rings. The second-order valence-corrected chi connectivity index (χ2v) is 5.00. The number of anilines is 1. The largest absolute Gasteiger partial charge is 0.409 e. The third-order valence-corrected chi connectivity index (χ3v) is 3.34. The van der Waals surface area contributed by atoms with Gasteiger partial charge in [-0.15, -0.1) is 0 Å². The predicted octanol–water partition coefficient (Wildman–Crippen LogP) is 3.17. The molecule has 0 fully saturated rings. The highest BCUT2D eigenvalue weighted by Gasteiger charge is 2.13. The Morgan fingerprint density at radius 1 is 1.44 bits per heavy atom. The van der Waals surface area contributed by atoms with Crippen LogP contribution in [0.25, 0.3) is 0 Å². The highest BCUT2D eigenvalue weighted by molar-refractivity contribution is 9.10. The van der Waals surface area contributed by atoms with Crippen molar-refractivity contribution < 1.29 is 5.21 Å². The maximum Gasteiger partial charge on any atom is 0.172 e. The van der Waals surface area contributed by atoms with Crippen LogP contribution in [0.5, 0.6) is 0 Å². The van der Waals surface area contributed by atoms with E-state index in [1.54, 1.807) is 0 Å². The predicted molar refractivity (Wildman–Crippen MR) is 79.4 cm³/mol. The van der Waals surface area contributed by atoms with Gasteiger partial charge in [0.05, 0.1) is 0 Å². The minimum Gasteiger partial charge on any atom is -0.409 e. The van der Waals surface area contributed by atoms with Crippen molar-refractivity contribution in [3.8, 4) is 0 Å². The number of oxime groups is 1. The average molecular weight is 314 g/mol. The summed E-state index contributed by atoms with van der Waals surface area (Å²) in [5.41, 5.74) is 7.48. The molecule has 0 aliphatic heterocycles. The van der Waals surface area contributed by atoms with E-state index >= 15 is 0 Å². The van der Waals surface area contributed by atoms with Crippen molar-refractivity contribution in [2.45, 2.75) is 26.7 Å². The molecule has 0 radical (unpaired) electrons. The molecule has 0 bridgehead atoms. The van der Waals surface area contributed by atoms with E-state index in [2.05, 4.69) is 39.8 Å². The number of halogens is 1. The number of nitrogens with two attached hydrogens (primary N) is 1. The summed E-state index contributed by atoms with van der Waals surface area (Å²) in [4.78, 5) is 2.24. The summed E-state index contributed by atoms with van der Waals surface area (Å²) in [5.74, 6) is 0.146. The van der Waals surface area contributed by atoms with Gasteiger partial charge in [-0.1, -0.05) is 34.4 Å². The first-order valence-corrected chi connectivity index (χ1v) is 6.95. The third kappa shape index (κ3) is 3.63. The molecule has 0 spiro atoms. The molecule has 5 heteroatoms. The van der Waals surface area contributed by atoms with Crippen molar-refractivity contribution in [1.29, 1.82) is 0 Å². The van der Waals surface area contributed by atoms with Crippen LogP contribution in [0, 0.1) is 0 Å². The van der Waals surface area contributed by atoms with E-state index in [0.717, 1.165) is 41.7 Å². The number of nitrogens with zero attached hydrogens (tertiary/aromatic N) is 2. The molecule has 3 N–H and O–H groups in total. The first kappa shape index (κ1) is 14.8. The van der Waals surface area contributed by atoms with Gasteiger partial charge in [0, 0.05) is 28.8 Å². The van der Waals surface area contributed by atoms with Crippen molar-refractivity contribution >= 4 is 27.5 Å². The first-order chi connectivity index (χ1) is 8.63. The molecule has 4 nitrogen and oxygen atoms in total. The van der Waals surface area contributed by atoms with Gasteiger partial charge < -0.3 is 15.8 Å². The van der Waals surface area contributed by atoms with Gasteiger partial charge in [0.15, 0.2) is 5.84 Å². The van der Waals surface area contributed by atoms with Gasteiger partial charge in [0.1, 0.15) is 0 Å². The van der Waals surface area contributed by atoms with Crippen LogP contribution >= 0.6 is 15.9 Å². The summed E-state index contributed by atoms with van der Waals surface area (Å²) in [7, 11) is 0. The molecule has 0 heterocycles. The molecule has 0 amide bonds. The molecule has 18 heavy (non-hydrogen) atoms. The Morgan fingerprint density at radius 2 is 2.17 bits per heavy atom. The Morgan fingerprint density at radius 3 is 2.72 bits per heavy atom. The number of hydrogen-bond acceptors (Lipinski definition) is 3. The number of benzene rings is 1. The zero-order valence-corrected chi connectivity index (χ0v) is 12.4. The maximum absolute atomic E-state index is 8.85. The third-order valence-electron chi connectivity index (χ3n) is 2.85. The lowest BCUT2D eigenvalue weighted by Gasteiger charge is -2.25. The van der Waals surface area contributed by atoms with Crippen LogP contribution in [-0.2, 0) is 0 Å². The standard InChI is InChI=1S/C13H20BrN3O/c1-3-5-8-17(4-2)12-9-10(14)6-7-11(12)13(15)16-18/h6-7,9,18H,3-5,8H2,1-2H3,(H2,15,16). The summed E-state index contributed by atoms with van der Waals surface area (Å²) >= 11 is 3.46. The van der Waals surface area contributed by atoms with E-state index in [-0.39, 0.29) is 5.84 Å². The molecule has 0 saturated heterocycles. The van der Waals surface area contributed by atoms with Crippen molar-refractivity contribution in [1.82, 2.24) is 0 Å². The zero-order valence-electron chi connectivity index (χ0n) is 10.9. The lowest BCUT2D eigenvalue weighted by Crippen LogP contribution is -2.27. The molecular weight excluding hydrogens is 294 g/mol. The van der Waals surface area contributed by atoms with E-state index in [1.165, 1.54) is 0 Å². The Balaban J connectivity index is 3.13. The van der Waals surface area contributed by atoms with Crippen molar-refractivity contribution in [2.24, 2.45) is 10.9 Å². The van der Waals surface area contributed by atoms with E-state index in [0.29, 0.717) is 0 Å². The van der Waals surface area contributed by atoms with Crippen LogP contribution < -0.4 is 10.6 Å². The van der Waals surface area contributed by atoms with Gasteiger partial charge in [-0.2, -0.15) is 0 Å². The van der Waals surface area contributed by atoms with Crippen LogP contribution in [0.15, 0.2) is 27.8 Å². The van der Waals surface area contributed by atoms with Gasteiger partial charge in [-0.3, -0.25) is 0 Å². The fourth-order valence-electron chi connectivity index (χ4n) is 1.83. The topological polar surface area (TPSA) is 61.8 Å². The Labute approximate surface area is 117 Å². The lowest BCUT2D eigenvalue weighted by atomic mass is 10.1.